The van der Waals surface area contributed by atoms with Crippen molar-refractivity contribution >= 4 is 17.6 Å². The SMILES string of the molecule is CCCCC([C]1CCC(C(c2cccc(F)c2)N(C)C)CC1)(C(=O)O)c1ccc(Cl)cc1. The van der Waals surface area contributed by atoms with Crippen LogP contribution in [0.1, 0.15) is 69.0 Å². The minimum atomic E-state index is -0.974. The number of nitrogens with zero attached hydrogens (tertiary/aromatic N) is 1. The van der Waals surface area contributed by atoms with Crippen LogP contribution in [0.25, 0.3) is 0 Å². The Morgan fingerprint density at radius 2 is 1.84 bits per heavy atom. The number of rotatable bonds is 9. The quantitative estimate of drug-likeness (QED) is 0.437. The van der Waals surface area contributed by atoms with Crippen LogP contribution in [0, 0.1) is 17.7 Å². The predicted octanol–water partition coefficient (Wildman–Crippen LogP) is 7.06. The van der Waals surface area contributed by atoms with Crippen molar-refractivity contribution in [2.75, 3.05) is 14.1 Å². The molecule has 3 nitrogen and oxygen atoms in total. The summed E-state index contributed by atoms with van der Waals surface area (Å²) >= 11 is 6.10. The van der Waals surface area contributed by atoms with Gasteiger partial charge in [0.2, 0.25) is 0 Å². The zero-order valence-electron chi connectivity index (χ0n) is 19.3. The maximum absolute atomic E-state index is 13.9. The van der Waals surface area contributed by atoms with Gasteiger partial charge in [-0.15, -0.1) is 0 Å². The number of carboxylic acids is 1. The fourth-order valence-electron chi connectivity index (χ4n) is 5.50. The van der Waals surface area contributed by atoms with E-state index in [0.717, 1.165) is 55.6 Å². The minimum absolute atomic E-state index is 0.109. The first-order valence-corrected chi connectivity index (χ1v) is 11.9. The molecule has 1 fully saturated rings. The Labute approximate surface area is 196 Å². The topological polar surface area (TPSA) is 40.5 Å². The molecule has 0 bridgehead atoms. The zero-order chi connectivity index (χ0) is 23.3. The highest BCUT2D eigenvalue weighted by Gasteiger charge is 2.48. The third-order valence-corrected chi connectivity index (χ3v) is 7.29. The normalized spacial score (nSPS) is 18.4. The molecule has 3 rings (SSSR count). The van der Waals surface area contributed by atoms with Crippen LogP contribution in [0.3, 0.4) is 0 Å². The summed E-state index contributed by atoms with van der Waals surface area (Å²) in [5.41, 5.74) is 0.833. The Morgan fingerprint density at radius 3 is 2.38 bits per heavy atom. The van der Waals surface area contributed by atoms with Crippen LogP contribution >= 0.6 is 11.6 Å². The first-order valence-electron chi connectivity index (χ1n) is 11.6. The molecule has 1 aliphatic carbocycles. The van der Waals surface area contributed by atoms with Gasteiger partial charge in [0.15, 0.2) is 0 Å². The summed E-state index contributed by atoms with van der Waals surface area (Å²) in [5, 5.41) is 11.1. The summed E-state index contributed by atoms with van der Waals surface area (Å²) in [7, 11) is 4.07. The summed E-state index contributed by atoms with van der Waals surface area (Å²) in [6.07, 6.45) is 5.71. The smallest absolute Gasteiger partial charge is 0.314 e. The molecular formula is C27H34ClFNO2. The molecule has 32 heavy (non-hydrogen) atoms. The van der Waals surface area contributed by atoms with Gasteiger partial charge in [0.1, 0.15) is 5.82 Å². The summed E-state index contributed by atoms with van der Waals surface area (Å²) in [6, 6.07) is 14.3. The van der Waals surface area contributed by atoms with E-state index in [1.54, 1.807) is 24.3 Å². The fraction of sp³-hybridized carbons (Fsp3) is 0.481. The molecule has 0 aromatic heterocycles. The van der Waals surface area contributed by atoms with Crippen molar-refractivity contribution in [3.8, 4) is 0 Å². The van der Waals surface area contributed by atoms with Gasteiger partial charge >= 0.3 is 5.97 Å². The van der Waals surface area contributed by atoms with Crippen molar-refractivity contribution in [1.82, 2.24) is 4.90 Å². The monoisotopic (exact) mass is 458 g/mol. The van der Waals surface area contributed by atoms with Gasteiger partial charge < -0.3 is 10.0 Å². The maximum Gasteiger partial charge on any atom is 0.314 e. The minimum Gasteiger partial charge on any atom is -0.481 e. The van der Waals surface area contributed by atoms with E-state index in [9.17, 15) is 14.3 Å². The number of carbonyl (C=O) groups is 1. The van der Waals surface area contributed by atoms with Crippen LogP contribution in [0.2, 0.25) is 5.02 Å². The van der Waals surface area contributed by atoms with Gasteiger partial charge in [-0.1, -0.05) is 55.6 Å². The molecule has 1 saturated carbocycles. The summed E-state index contributed by atoms with van der Waals surface area (Å²) in [4.78, 5) is 14.9. The molecule has 173 valence electrons. The molecular weight excluding hydrogens is 425 g/mol. The van der Waals surface area contributed by atoms with Crippen LogP contribution in [-0.4, -0.2) is 30.1 Å². The molecule has 2 aromatic rings. The first-order chi connectivity index (χ1) is 15.3. The number of aliphatic carboxylic acids is 1. The Morgan fingerprint density at radius 1 is 1.19 bits per heavy atom. The molecule has 1 aliphatic rings. The second kappa shape index (κ2) is 10.8. The van der Waals surface area contributed by atoms with Crippen molar-refractivity contribution in [1.29, 1.82) is 0 Å². The third-order valence-electron chi connectivity index (χ3n) is 7.04. The van der Waals surface area contributed by atoms with Crippen molar-refractivity contribution in [3.05, 3.63) is 76.4 Å². The van der Waals surface area contributed by atoms with E-state index in [1.165, 1.54) is 6.07 Å². The van der Waals surface area contributed by atoms with E-state index >= 15 is 0 Å². The number of carboxylic acid groups (broad SMARTS) is 1. The molecule has 1 radical (unpaired) electrons. The van der Waals surface area contributed by atoms with Crippen molar-refractivity contribution < 1.29 is 14.3 Å². The number of hydrogen-bond donors (Lipinski definition) is 1. The van der Waals surface area contributed by atoms with Crippen molar-refractivity contribution in [3.63, 3.8) is 0 Å². The van der Waals surface area contributed by atoms with Gasteiger partial charge in [-0.05, 0) is 93.4 Å². The Bertz CT molecular complexity index is 893. The summed E-state index contributed by atoms with van der Waals surface area (Å²) in [6.45, 7) is 2.09. The molecule has 2 aromatic carbocycles. The van der Waals surface area contributed by atoms with Gasteiger partial charge in [0, 0.05) is 11.1 Å². The van der Waals surface area contributed by atoms with E-state index in [-0.39, 0.29) is 11.9 Å². The van der Waals surface area contributed by atoms with E-state index in [0.29, 0.717) is 17.4 Å². The molecule has 0 spiro atoms. The van der Waals surface area contributed by atoms with E-state index < -0.39 is 11.4 Å². The molecule has 2 atom stereocenters. The molecule has 0 saturated heterocycles. The standard InChI is InChI=1S/C27H34ClFNO2/c1-4-5-17-27(26(31)32,22-13-15-23(28)16-14-22)21-11-9-19(10-12-21)25(30(2)3)20-7-6-8-24(29)18-20/h6-8,13-16,18-19,25H,4-5,9-12,17H2,1-3H3,(H,31,32). The average molecular weight is 459 g/mol. The number of hydrogen-bond acceptors (Lipinski definition) is 2. The van der Waals surface area contributed by atoms with Gasteiger partial charge in [0.25, 0.3) is 0 Å². The lowest BCUT2D eigenvalue weighted by Gasteiger charge is -2.44. The number of halogens is 2. The summed E-state index contributed by atoms with van der Waals surface area (Å²) in [5.74, 6) is 0.466. The molecule has 2 unspecified atom stereocenters. The molecule has 0 aliphatic heterocycles. The van der Waals surface area contributed by atoms with Gasteiger partial charge in [-0.25, -0.2) is 4.39 Å². The lowest BCUT2D eigenvalue weighted by atomic mass is 9.60. The summed E-state index contributed by atoms with van der Waals surface area (Å²) < 4.78 is 13.9. The van der Waals surface area contributed by atoms with Crippen molar-refractivity contribution in [2.45, 2.75) is 63.3 Å². The predicted molar refractivity (Wildman–Crippen MR) is 128 cm³/mol. The molecule has 5 heteroatoms. The van der Waals surface area contributed by atoms with Gasteiger partial charge in [-0.3, -0.25) is 4.79 Å². The van der Waals surface area contributed by atoms with Crippen LogP contribution in [0.15, 0.2) is 48.5 Å². The van der Waals surface area contributed by atoms with Gasteiger partial charge in [-0.2, -0.15) is 0 Å². The second-order valence-corrected chi connectivity index (χ2v) is 9.66. The van der Waals surface area contributed by atoms with E-state index in [2.05, 4.69) is 11.8 Å². The highest BCUT2D eigenvalue weighted by atomic mass is 35.5. The molecule has 1 N–H and O–H groups in total. The highest BCUT2D eigenvalue weighted by molar-refractivity contribution is 6.30. The Hall–Kier alpha value is -1.91. The Balaban J connectivity index is 1.87. The molecule has 0 heterocycles. The second-order valence-electron chi connectivity index (χ2n) is 9.23. The van der Waals surface area contributed by atoms with Crippen LogP contribution < -0.4 is 0 Å². The largest absolute Gasteiger partial charge is 0.481 e. The van der Waals surface area contributed by atoms with Crippen LogP contribution in [-0.2, 0) is 10.2 Å². The maximum atomic E-state index is 13.9. The number of benzene rings is 2. The van der Waals surface area contributed by atoms with E-state index in [4.69, 9.17) is 11.6 Å². The average Bonchev–Trinajstić information content (AvgIpc) is 2.76. The number of unbranched alkanes of at least 4 members (excludes halogenated alkanes) is 1. The van der Waals surface area contributed by atoms with Crippen molar-refractivity contribution in [2.24, 2.45) is 5.92 Å². The third kappa shape index (κ3) is 5.18. The Kier molecular flexibility index (Phi) is 8.35. The molecule has 0 amide bonds. The lowest BCUT2D eigenvalue weighted by molar-refractivity contribution is -0.144. The van der Waals surface area contributed by atoms with Gasteiger partial charge in [0.05, 0.1) is 5.41 Å². The van der Waals surface area contributed by atoms with Crippen LogP contribution in [0.4, 0.5) is 4.39 Å². The van der Waals surface area contributed by atoms with Crippen LogP contribution in [0.5, 0.6) is 0 Å². The zero-order valence-corrected chi connectivity index (χ0v) is 20.0. The first kappa shape index (κ1) is 24.7. The lowest BCUT2D eigenvalue weighted by Crippen LogP contribution is -2.44. The fourth-order valence-corrected chi connectivity index (χ4v) is 5.62. The highest BCUT2D eigenvalue weighted by Crippen LogP contribution is 2.50. The van der Waals surface area contributed by atoms with E-state index in [1.807, 2.05) is 32.3 Å².